The summed E-state index contributed by atoms with van der Waals surface area (Å²) < 4.78 is 10.9. The molecule has 6 heteroatoms. The van der Waals surface area contributed by atoms with Crippen LogP contribution in [0.15, 0.2) is 0 Å². The number of ether oxygens (including phenoxy) is 2. The van der Waals surface area contributed by atoms with Crippen LogP contribution in [0, 0.1) is 0 Å². The van der Waals surface area contributed by atoms with Crippen molar-refractivity contribution >= 4 is 12.1 Å². The van der Waals surface area contributed by atoms with E-state index in [1.54, 1.807) is 11.9 Å². The van der Waals surface area contributed by atoms with Crippen LogP contribution in [0.4, 0.5) is 4.79 Å². The molecule has 0 bridgehead atoms. The first-order valence-corrected chi connectivity index (χ1v) is 11.1. The molecule has 166 valence electrons. The smallest absolute Gasteiger partial charge is 0.409 e. The number of carbonyl (C=O) groups is 2. The molecule has 0 aliphatic carbocycles. The van der Waals surface area contributed by atoms with Gasteiger partial charge in [0.05, 0.1) is 6.10 Å². The molecule has 0 aliphatic heterocycles. The largest absolute Gasteiger partial charge is 0.463 e. The van der Waals surface area contributed by atoms with Crippen LogP contribution in [0.5, 0.6) is 0 Å². The average molecular weight is 401 g/mol. The van der Waals surface area contributed by atoms with Crippen LogP contribution in [-0.4, -0.2) is 67.8 Å². The Morgan fingerprint density at radius 2 is 1.50 bits per heavy atom. The molecule has 0 aromatic carbocycles. The average Bonchev–Trinajstić information content (AvgIpc) is 2.65. The molecule has 6 nitrogen and oxygen atoms in total. The third-order valence-corrected chi connectivity index (χ3v) is 4.85. The monoisotopic (exact) mass is 400 g/mol. The van der Waals surface area contributed by atoms with Crippen molar-refractivity contribution in [2.45, 2.75) is 97.7 Å². The third-order valence-electron chi connectivity index (χ3n) is 4.85. The summed E-state index contributed by atoms with van der Waals surface area (Å²) in [6.45, 7) is 10.4. The molecule has 0 radical (unpaired) electrons. The first-order chi connectivity index (χ1) is 13.3. The molecule has 0 heterocycles. The molecule has 1 unspecified atom stereocenters. The molecular formula is C22H44N2O4. The van der Waals surface area contributed by atoms with Gasteiger partial charge in [0, 0.05) is 26.6 Å². The van der Waals surface area contributed by atoms with Gasteiger partial charge in [-0.25, -0.2) is 4.79 Å². The van der Waals surface area contributed by atoms with Crippen LogP contribution in [0.1, 0.15) is 85.5 Å². The number of esters is 1. The summed E-state index contributed by atoms with van der Waals surface area (Å²) in [5, 5.41) is 0. The number of amides is 1. The molecule has 0 saturated heterocycles. The van der Waals surface area contributed by atoms with E-state index in [0.717, 1.165) is 32.4 Å². The second-order valence-electron chi connectivity index (χ2n) is 7.96. The van der Waals surface area contributed by atoms with Crippen LogP contribution in [-0.2, 0) is 14.3 Å². The fourth-order valence-electron chi connectivity index (χ4n) is 2.82. The van der Waals surface area contributed by atoms with Gasteiger partial charge >= 0.3 is 12.1 Å². The summed E-state index contributed by atoms with van der Waals surface area (Å²) in [7, 11) is 3.79. The first kappa shape index (κ1) is 26.7. The van der Waals surface area contributed by atoms with Gasteiger partial charge in [-0.05, 0) is 46.7 Å². The highest BCUT2D eigenvalue weighted by atomic mass is 16.6. The van der Waals surface area contributed by atoms with Gasteiger partial charge in [-0.3, -0.25) is 4.79 Å². The summed E-state index contributed by atoms with van der Waals surface area (Å²) in [6.07, 6.45) is 8.09. The maximum absolute atomic E-state index is 12.4. The Kier molecular flexibility index (Phi) is 15.9. The maximum Gasteiger partial charge on any atom is 0.409 e. The number of hydrogen-bond donors (Lipinski definition) is 0. The minimum atomic E-state index is -0.308. The lowest BCUT2D eigenvalue weighted by Crippen LogP contribution is -2.37. The Hall–Kier alpha value is -1.30. The lowest BCUT2D eigenvalue weighted by Gasteiger charge is -2.24. The quantitative estimate of drug-likeness (QED) is 0.274. The lowest BCUT2D eigenvalue weighted by atomic mass is 10.0. The van der Waals surface area contributed by atoms with Gasteiger partial charge in [-0.1, -0.05) is 46.0 Å². The first-order valence-electron chi connectivity index (χ1n) is 11.1. The molecule has 0 N–H and O–H groups in total. The molecule has 28 heavy (non-hydrogen) atoms. The van der Waals surface area contributed by atoms with Crippen molar-refractivity contribution in [1.29, 1.82) is 0 Å². The summed E-state index contributed by atoms with van der Waals surface area (Å²) >= 11 is 0. The van der Waals surface area contributed by atoms with Crippen molar-refractivity contribution in [3.63, 3.8) is 0 Å². The van der Waals surface area contributed by atoms with Gasteiger partial charge in [0.2, 0.25) is 0 Å². The molecule has 0 fully saturated rings. The summed E-state index contributed by atoms with van der Waals surface area (Å²) in [6, 6.07) is 0. The van der Waals surface area contributed by atoms with Gasteiger partial charge in [-0.2, -0.15) is 0 Å². The maximum atomic E-state index is 12.4. The highest BCUT2D eigenvalue weighted by Gasteiger charge is 2.19. The summed E-state index contributed by atoms with van der Waals surface area (Å²) in [4.78, 5) is 28.0. The number of unbranched alkanes of at least 4 members (excludes halogenated alkanes) is 5. The zero-order chi connectivity index (χ0) is 21.4. The minimum absolute atomic E-state index is 0.117. The Labute approximate surface area is 172 Å². The lowest BCUT2D eigenvalue weighted by molar-refractivity contribution is -0.148. The predicted molar refractivity (Wildman–Crippen MR) is 115 cm³/mol. The Morgan fingerprint density at radius 3 is 2.11 bits per heavy atom. The topological polar surface area (TPSA) is 59.1 Å². The van der Waals surface area contributed by atoms with E-state index < -0.39 is 0 Å². The van der Waals surface area contributed by atoms with Crippen molar-refractivity contribution in [3.05, 3.63) is 0 Å². The SMILES string of the molecule is CCCCCCCCC(CCC(=O)OC(C)C)OC(=O)N(C)CCN(C)CC. The van der Waals surface area contributed by atoms with Gasteiger partial charge in [0.15, 0.2) is 0 Å². The molecule has 0 aromatic heterocycles. The van der Waals surface area contributed by atoms with E-state index in [4.69, 9.17) is 9.47 Å². The molecule has 0 aliphatic rings. The normalized spacial score (nSPS) is 12.3. The molecule has 1 amide bonds. The molecule has 0 rings (SSSR count). The second kappa shape index (κ2) is 16.6. The molecule has 0 aromatic rings. The third kappa shape index (κ3) is 14.7. The van der Waals surface area contributed by atoms with Crippen LogP contribution >= 0.6 is 0 Å². The van der Waals surface area contributed by atoms with Crippen molar-refractivity contribution < 1.29 is 19.1 Å². The highest BCUT2D eigenvalue weighted by molar-refractivity contribution is 5.70. The number of carbonyl (C=O) groups excluding carboxylic acids is 2. The van der Waals surface area contributed by atoms with Gasteiger partial charge in [-0.15, -0.1) is 0 Å². The van der Waals surface area contributed by atoms with Gasteiger partial charge in [0.1, 0.15) is 6.10 Å². The fourth-order valence-corrected chi connectivity index (χ4v) is 2.82. The molecule has 0 spiro atoms. The molecular weight excluding hydrogens is 356 g/mol. The van der Waals surface area contributed by atoms with E-state index in [1.165, 1.54) is 25.7 Å². The van der Waals surface area contributed by atoms with Crippen LogP contribution in [0.3, 0.4) is 0 Å². The van der Waals surface area contributed by atoms with Crippen LogP contribution in [0.2, 0.25) is 0 Å². The zero-order valence-corrected chi connectivity index (χ0v) is 19.2. The summed E-state index contributed by atoms with van der Waals surface area (Å²) in [5.41, 5.74) is 0. The van der Waals surface area contributed by atoms with Crippen molar-refractivity contribution in [3.8, 4) is 0 Å². The predicted octanol–water partition coefficient (Wildman–Crippen LogP) is 4.86. The number of likely N-dealkylation sites (N-methyl/N-ethyl adjacent to an activating group) is 2. The van der Waals surface area contributed by atoms with Crippen molar-refractivity contribution in [2.24, 2.45) is 0 Å². The zero-order valence-electron chi connectivity index (χ0n) is 19.2. The fraction of sp³-hybridized carbons (Fsp3) is 0.909. The Bertz CT molecular complexity index is 415. The van der Waals surface area contributed by atoms with Gasteiger partial charge in [0.25, 0.3) is 0 Å². The van der Waals surface area contributed by atoms with Crippen LogP contribution in [0.25, 0.3) is 0 Å². The highest BCUT2D eigenvalue weighted by Crippen LogP contribution is 2.16. The van der Waals surface area contributed by atoms with E-state index >= 15 is 0 Å². The van der Waals surface area contributed by atoms with Crippen molar-refractivity contribution in [2.75, 3.05) is 33.7 Å². The van der Waals surface area contributed by atoms with E-state index in [9.17, 15) is 9.59 Å². The van der Waals surface area contributed by atoms with Crippen LogP contribution < -0.4 is 0 Å². The van der Waals surface area contributed by atoms with Gasteiger partial charge < -0.3 is 19.3 Å². The van der Waals surface area contributed by atoms with E-state index in [-0.39, 0.29) is 30.7 Å². The number of nitrogens with zero attached hydrogens (tertiary/aromatic N) is 2. The standard InChI is InChI=1S/C22H44N2O4/c1-7-9-10-11-12-13-14-20(15-16-21(25)27-19(3)4)28-22(26)24(6)18-17-23(5)8-2/h19-20H,7-18H2,1-6H3. The number of rotatable bonds is 16. The van der Waals surface area contributed by atoms with E-state index in [2.05, 4.69) is 18.7 Å². The summed E-state index contributed by atoms with van der Waals surface area (Å²) in [5.74, 6) is -0.225. The molecule has 1 atom stereocenters. The van der Waals surface area contributed by atoms with E-state index in [0.29, 0.717) is 13.0 Å². The Balaban J connectivity index is 4.46. The van der Waals surface area contributed by atoms with Crippen molar-refractivity contribution in [1.82, 2.24) is 9.80 Å². The minimum Gasteiger partial charge on any atom is -0.463 e. The molecule has 0 saturated carbocycles. The second-order valence-corrected chi connectivity index (χ2v) is 7.96. The Morgan fingerprint density at radius 1 is 0.857 bits per heavy atom. The number of hydrogen-bond acceptors (Lipinski definition) is 5. The van der Waals surface area contributed by atoms with E-state index in [1.807, 2.05) is 20.9 Å².